The van der Waals surface area contributed by atoms with Crippen molar-refractivity contribution in [3.63, 3.8) is 0 Å². The van der Waals surface area contributed by atoms with E-state index in [1.54, 1.807) is 24.3 Å². The van der Waals surface area contributed by atoms with Crippen molar-refractivity contribution in [2.24, 2.45) is 0 Å². The number of hydrogen-bond acceptors (Lipinski definition) is 6. The molecule has 2 aromatic rings. The summed E-state index contributed by atoms with van der Waals surface area (Å²) in [4.78, 5) is 12.1. The van der Waals surface area contributed by atoms with Gasteiger partial charge in [-0.2, -0.15) is 17.2 Å². The first kappa shape index (κ1) is 18.5. The molecule has 1 heterocycles. The van der Waals surface area contributed by atoms with Crippen molar-refractivity contribution in [2.45, 2.75) is 11.4 Å². The van der Waals surface area contributed by atoms with Gasteiger partial charge in [0.1, 0.15) is 18.5 Å². The average Bonchev–Trinajstić information content (AvgIpc) is 3.41. The van der Waals surface area contributed by atoms with Crippen LogP contribution in [0.5, 0.6) is 5.75 Å². The number of rotatable bonds is 7. The monoisotopic (exact) mass is 388 g/mol. The highest BCUT2D eigenvalue weighted by atomic mass is 32.2. The molecule has 0 spiro atoms. The van der Waals surface area contributed by atoms with Crippen LogP contribution in [0.1, 0.15) is 10.4 Å². The summed E-state index contributed by atoms with van der Waals surface area (Å²) in [7, 11) is -5.68. The zero-order valence-electron chi connectivity index (χ0n) is 13.2. The fourth-order valence-corrected chi connectivity index (χ4v) is 2.43. The van der Waals surface area contributed by atoms with Gasteiger partial charge in [-0.05, 0) is 17.5 Å². The highest BCUT2D eigenvalue weighted by molar-refractivity contribution is 7.86. The summed E-state index contributed by atoms with van der Waals surface area (Å²) in [6.07, 6.45) is 0.0288. The van der Waals surface area contributed by atoms with E-state index in [2.05, 4.69) is 4.74 Å². The molecule has 1 unspecified atom stereocenters. The third-order valence-corrected chi connectivity index (χ3v) is 4.55. The molecule has 0 aromatic heterocycles. The van der Waals surface area contributed by atoms with E-state index in [-0.39, 0.29) is 11.7 Å². The molecule has 0 amide bonds. The second-order valence-electron chi connectivity index (χ2n) is 5.61. The number of fused-ring (bicyclic) bond motifs is 1. The van der Waals surface area contributed by atoms with Crippen LogP contribution in [0.25, 0.3) is 10.8 Å². The lowest BCUT2D eigenvalue weighted by molar-refractivity contribution is -0.00937. The van der Waals surface area contributed by atoms with Crippen LogP contribution in [0.15, 0.2) is 36.4 Å². The summed E-state index contributed by atoms with van der Waals surface area (Å²) in [6, 6.07) is 9.43. The smallest absolute Gasteiger partial charge is 0.402 e. The molecule has 0 saturated carbocycles. The summed E-state index contributed by atoms with van der Waals surface area (Å²) in [6.45, 7) is -0.838. The Morgan fingerprint density at radius 2 is 1.88 bits per heavy atom. The number of epoxide rings is 1. The largest absolute Gasteiger partial charge is 0.490 e. The standard InChI is InChI=1S/C16H14F2O7S/c17-16(18,26(20,21)22)9-25-15(19)13-5-6-14(24-8-10-7-23-10)12-4-2-1-3-11(12)13/h1-6,10H,7-9H2,(H,20,21,22). The SMILES string of the molecule is O=C(OCC(F)(F)S(=O)(=O)O)c1ccc(OCC2CO2)c2ccccc12. The Labute approximate surface area is 147 Å². The Hall–Kier alpha value is -2.30. The maximum atomic E-state index is 13.2. The highest BCUT2D eigenvalue weighted by Crippen LogP contribution is 2.30. The Balaban J connectivity index is 1.83. The van der Waals surface area contributed by atoms with E-state index in [0.29, 0.717) is 29.7 Å². The molecular formula is C16H14F2O7S. The number of esters is 1. The molecule has 0 aliphatic carbocycles. The average molecular weight is 388 g/mol. The molecule has 3 rings (SSSR count). The van der Waals surface area contributed by atoms with Gasteiger partial charge < -0.3 is 14.2 Å². The summed E-state index contributed by atoms with van der Waals surface area (Å²) in [5.74, 6) is -0.669. The van der Waals surface area contributed by atoms with Gasteiger partial charge in [-0.25, -0.2) is 4.79 Å². The normalized spacial score (nSPS) is 17.1. The summed E-state index contributed by atoms with van der Waals surface area (Å²) in [5.41, 5.74) is -0.0400. The molecule has 1 aliphatic heterocycles. The number of halogens is 2. The Kier molecular flexibility index (Phi) is 4.82. The van der Waals surface area contributed by atoms with Gasteiger partial charge in [0.15, 0.2) is 6.61 Å². The maximum absolute atomic E-state index is 13.2. The molecule has 140 valence electrons. The van der Waals surface area contributed by atoms with E-state index in [0.717, 1.165) is 0 Å². The van der Waals surface area contributed by atoms with Gasteiger partial charge in [0.25, 0.3) is 0 Å². The minimum atomic E-state index is -5.68. The first-order valence-corrected chi connectivity index (χ1v) is 8.91. The third-order valence-electron chi connectivity index (χ3n) is 3.68. The number of alkyl halides is 2. The molecule has 1 saturated heterocycles. The van der Waals surface area contributed by atoms with Crippen LogP contribution in [-0.2, 0) is 19.6 Å². The van der Waals surface area contributed by atoms with Crippen molar-refractivity contribution >= 4 is 26.9 Å². The van der Waals surface area contributed by atoms with Gasteiger partial charge >= 0.3 is 21.3 Å². The van der Waals surface area contributed by atoms with E-state index in [1.165, 1.54) is 12.1 Å². The number of ether oxygens (including phenoxy) is 3. The van der Waals surface area contributed by atoms with Crippen LogP contribution in [0.4, 0.5) is 8.78 Å². The molecular weight excluding hydrogens is 374 g/mol. The van der Waals surface area contributed by atoms with E-state index in [9.17, 15) is 22.0 Å². The van der Waals surface area contributed by atoms with Crippen molar-refractivity contribution < 1.29 is 40.8 Å². The van der Waals surface area contributed by atoms with Crippen molar-refractivity contribution in [1.29, 1.82) is 0 Å². The number of hydrogen-bond donors (Lipinski definition) is 1. The molecule has 2 aromatic carbocycles. The second kappa shape index (κ2) is 6.78. The van der Waals surface area contributed by atoms with Crippen molar-refractivity contribution in [2.75, 3.05) is 19.8 Å². The van der Waals surface area contributed by atoms with Gasteiger partial charge in [0.2, 0.25) is 0 Å². The van der Waals surface area contributed by atoms with Crippen molar-refractivity contribution in [1.82, 2.24) is 0 Å². The zero-order chi connectivity index (χ0) is 18.9. The number of benzene rings is 2. The lowest BCUT2D eigenvalue weighted by Crippen LogP contribution is -2.34. The molecule has 26 heavy (non-hydrogen) atoms. The summed E-state index contributed by atoms with van der Waals surface area (Å²) in [5, 5.41) is -3.64. The van der Waals surface area contributed by atoms with Crippen LogP contribution in [-0.4, -0.2) is 50.1 Å². The van der Waals surface area contributed by atoms with Gasteiger partial charge in [-0.15, -0.1) is 0 Å². The Morgan fingerprint density at radius 1 is 1.23 bits per heavy atom. The fourth-order valence-electron chi connectivity index (χ4n) is 2.22. The minimum Gasteiger partial charge on any atom is -0.490 e. The van der Waals surface area contributed by atoms with Crippen LogP contribution in [0.3, 0.4) is 0 Å². The molecule has 1 N–H and O–H groups in total. The topological polar surface area (TPSA) is 102 Å². The fraction of sp³-hybridized carbons (Fsp3) is 0.312. The molecule has 0 radical (unpaired) electrons. The van der Waals surface area contributed by atoms with Gasteiger partial charge in [-0.3, -0.25) is 4.55 Å². The Morgan fingerprint density at radius 3 is 2.50 bits per heavy atom. The maximum Gasteiger partial charge on any atom is 0.402 e. The summed E-state index contributed by atoms with van der Waals surface area (Å²) >= 11 is 0. The molecule has 10 heteroatoms. The van der Waals surface area contributed by atoms with Crippen LogP contribution in [0, 0.1) is 0 Å². The predicted octanol–water partition coefficient (Wildman–Crippen LogP) is 2.25. The lowest BCUT2D eigenvalue weighted by Gasteiger charge is -2.14. The third kappa shape index (κ3) is 3.92. The van der Waals surface area contributed by atoms with Crippen LogP contribution >= 0.6 is 0 Å². The van der Waals surface area contributed by atoms with Gasteiger partial charge in [0, 0.05) is 5.39 Å². The van der Waals surface area contributed by atoms with E-state index >= 15 is 0 Å². The second-order valence-corrected chi connectivity index (χ2v) is 7.16. The van der Waals surface area contributed by atoms with E-state index in [1.807, 2.05) is 0 Å². The van der Waals surface area contributed by atoms with Crippen LogP contribution in [0.2, 0.25) is 0 Å². The molecule has 0 bridgehead atoms. The molecule has 1 fully saturated rings. The van der Waals surface area contributed by atoms with Crippen molar-refractivity contribution in [3.05, 3.63) is 42.0 Å². The number of carbonyl (C=O) groups excluding carboxylic acids is 1. The Bertz CT molecular complexity index is 939. The van der Waals surface area contributed by atoms with E-state index < -0.39 is 27.9 Å². The molecule has 1 aliphatic rings. The highest BCUT2D eigenvalue weighted by Gasteiger charge is 2.45. The summed E-state index contributed by atoms with van der Waals surface area (Å²) < 4.78 is 71.1. The molecule has 1 atom stereocenters. The van der Waals surface area contributed by atoms with Gasteiger partial charge in [-0.1, -0.05) is 24.3 Å². The van der Waals surface area contributed by atoms with Crippen molar-refractivity contribution in [3.8, 4) is 5.75 Å². The first-order chi connectivity index (χ1) is 12.2. The lowest BCUT2D eigenvalue weighted by atomic mass is 10.0. The zero-order valence-corrected chi connectivity index (χ0v) is 14.0. The van der Waals surface area contributed by atoms with Crippen LogP contribution < -0.4 is 4.74 Å². The first-order valence-electron chi connectivity index (χ1n) is 7.47. The quantitative estimate of drug-likeness (QED) is 0.441. The van der Waals surface area contributed by atoms with E-state index in [4.69, 9.17) is 14.0 Å². The molecule has 7 nitrogen and oxygen atoms in total. The minimum absolute atomic E-state index is 0.0288. The number of carbonyl (C=O) groups is 1. The predicted molar refractivity (Wildman–Crippen MR) is 86.0 cm³/mol. The van der Waals surface area contributed by atoms with Gasteiger partial charge in [0.05, 0.1) is 12.2 Å².